The van der Waals surface area contributed by atoms with Crippen molar-refractivity contribution in [2.24, 2.45) is 7.05 Å². The number of para-hydroxylation sites is 3. The van der Waals surface area contributed by atoms with E-state index in [1.807, 2.05) is 48.0 Å². The molecule has 4 nitrogen and oxygen atoms in total. The molecule has 0 saturated carbocycles. The maximum absolute atomic E-state index is 12.3. The van der Waals surface area contributed by atoms with E-state index < -0.39 is 0 Å². The zero-order valence-corrected chi connectivity index (χ0v) is 15.4. The summed E-state index contributed by atoms with van der Waals surface area (Å²) in [6.07, 6.45) is 0.851. The molecule has 1 aromatic heterocycles. The standard InChI is InChI=1S/C18H19N2O2.HI/c1-3-17-19(2)15-11-7-8-12-16(15)20(17)13-18(21)22-14-9-5-4-6-10-14;/h4-12H,3,13H2,1-2H3;1H/q+1;/p-1. The largest absolute Gasteiger partial charge is 1.00 e. The highest BCUT2D eigenvalue weighted by Gasteiger charge is 2.23. The van der Waals surface area contributed by atoms with E-state index in [1.54, 1.807) is 12.1 Å². The number of hydrogen-bond acceptors (Lipinski definition) is 2. The lowest BCUT2D eigenvalue weighted by Crippen LogP contribution is -3.00. The third-order valence-electron chi connectivity index (χ3n) is 3.81. The number of carbonyl (C=O) groups excluding carboxylic acids is 1. The molecule has 0 N–H and O–H groups in total. The monoisotopic (exact) mass is 422 g/mol. The average molecular weight is 422 g/mol. The minimum atomic E-state index is -0.262. The number of imidazole rings is 1. The van der Waals surface area contributed by atoms with Crippen LogP contribution >= 0.6 is 0 Å². The van der Waals surface area contributed by atoms with Crippen LogP contribution in [0.25, 0.3) is 11.0 Å². The molecule has 0 fully saturated rings. The van der Waals surface area contributed by atoms with Crippen molar-refractivity contribution in [3.63, 3.8) is 0 Å². The lowest BCUT2D eigenvalue weighted by molar-refractivity contribution is -0.653. The van der Waals surface area contributed by atoms with E-state index in [4.69, 9.17) is 4.74 Å². The number of fused-ring (bicyclic) bond motifs is 1. The maximum atomic E-state index is 12.3. The molecule has 5 heteroatoms. The fourth-order valence-electron chi connectivity index (χ4n) is 2.82. The van der Waals surface area contributed by atoms with Gasteiger partial charge in [-0.1, -0.05) is 37.3 Å². The van der Waals surface area contributed by atoms with Crippen molar-refractivity contribution in [3.05, 3.63) is 60.4 Å². The molecule has 0 aliphatic carbocycles. The summed E-state index contributed by atoms with van der Waals surface area (Å²) in [5.41, 5.74) is 2.17. The van der Waals surface area contributed by atoms with Crippen molar-refractivity contribution in [3.8, 4) is 5.75 Å². The number of halogens is 1. The van der Waals surface area contributed by atoms with Crippen LogP contribution in [-0.2, 0) is 24.8 Å². The molecule has 3 rings (SSSR count). The third kappa shape index (κ3) is 3.55. The number of benzene rings is 2. The Kier molecular flexibility index (Phi) is 5.76. The number of rotatable bonds is 4. The van der Waals surface area contributed by atoms with Gasteiger partial charge in [-0.05, 0) is 24.3 Å². The summed E-state index contributed by atoms with van der Waals surface area (Å²) in [4.78, 5) is 12.3. The zero-order chi connectivity index (χ0) is 15.5. The number of carbonyl (C=O) groups is 1. The van der Waals surface area contributed by atoms with Crippen molar-refractivity contribution in [2.45, 2.75) is 19.9 Å². The maximum Gasteiger partial charge on any atom is 0.353 e. The van der Waals surface area contributed by atoms with Crippen molar-refractivity contribution >= 4 is 17.0 Å². The summed E-state index contributed by atoms with van der Waals surface area (Å²) in [6.45, 7) is 2.30. The van der Waals surface area contributed by atoms with Crippen molar-refractivity contribution < 1.29 is 38.1 Å². The lowest BCUT2D eigenvalue weighted by atomic mass is 10.3. The van der Waals surface area contributed by atoms with Gasteiger partial charge in [-0.2, -0.15) is 0 Å². The summed E-state index contributed by atoms with van der Waals surface area (Å²) >= 11 is 0. The Morgan fingerprint density at radius 3 is 2.43 bits per heavy atom. The highest BCUT2D eigenvalue weighted by Crippen LogP contribution is 2.15. The fraction of sp³-hybridized carbons (Fsp3) is 0.222. The van der Waals surface area contributed by atoms with Crippen LogP contribution in [0.1, 0.15) is 12.7 Å². The second kappa shape index (κ2) is 7.59. The van der Waals surface area contributed by atoms with Crippen LogP contribution < -0.4 is 33.3 Å². The number of aromatic nitrogens is 2. The average Bonchev–Trinajstić information content (AvgIpc) is 2.81. The van der Waals surface area contributed by atoms with Crippen LogP contribution in [-0.4, -0.2) is 10.5 Å². The summed E-state index contributed by atoms with van der Waals surface area (Å²) < 4.78 is 9.57. The van der Waals surface area contributed by atoms with Gasteiger partial charge in [0, 0.05) is 6.42 Å². The minimum absolute atomic E-state index is 0. The molecule has 120 valence electrons. The van der Waals surface area contributed by atoms with Crippen LogP contribution in [0, 0.1) is 0 Å². The van der Waals surface area contributed by atoms with Gasteiger partial charge in [0.2, 0.25) is 0 Å². The van der Waals surface area contributed by atoms with Crippen LogP contribution in [0.4, 0.5) is 0 Å². The molecule has 1 heterocycles. The molecule has 0 aliphatic heterocycles. The smallest absolute Gasteiger partial charge is 0.353 e. The van der Waals surface area contributed by atoms with Gasteiger partial charge in [0.1, 0.15) is 5.75 Å². The Morgan fingerprint density at radius 1 is 1.09 bits per heavy atom. The normalized spacial score (nSPS) is 10.3. The highest BCUT2D eigenvalue weighted by molar-refractivity contribution is 5.77. The Labute approximate surface area is 152 Å². The number of esters is 1. The molecular formula is C18H19IN2O2. The van der Waals surface area contributed by atoms with Gasteiger partial charge in [-0.3, -0.25) is 0 Å². The first-order chi connectivity index (χ1) is 10.7. The van der Waals surface area contributed by atoms with Crippen LogP contribution in [0.15, 0.2) is 54.6 Å². The number of hydrogen-bond donors (Lipinski definition) is 0. The van der Waals surface area contributed by atoms with Gasteiger partial charge in [-0.25, -0.2) is 13.9 Å². The van der Waals surface area contributed by atoms with Crippen molar-refractivity contribution in [2.75, 3.05) is 0 Å². The molecule has 0 atom stereocenters. The predicted octanol–water partition coefficient (Wildman–Crippen LogP) is -0.362. The molecule has 23 heavy (non-hydrogen) atoms. The number of nitrogens with zero attached hydrogens (tertiary/aromatic N) is 2. The summed E-state index contributed by atoms with van der Waals surface area (Å²) in [6, 6.07) is 17.3. The SMILES string of the molecule is CCc1n(CC(=O)Oc2ccccc2)c2ccccc2[n+]1C.[I-]. The topological polar surface area (TPSA) is 35.1 Å². The molecule has 0 unspecified atom stereocenters. The Balaban J connectivity index is 0.00000192. The molecule has 0 saturated heterocycles. The van der Waals surface area contributed by atoms with Crippen LogP contribution in [0.5, 0.6) is 5.75 Å². The van der Waals surface area contributed by atoms with E-state index in [9.17, 15) is 4.79 Å². The van der Waals surface area contributed by atoms with E-state index in [1.165, 1.54) is 0 Å². The molecule has 0 radical (unpaired) electrons. The van der Waals surface area contributed by atoms with Crippen molar-refractivity contribution in [1.82, 2.24) is 4.57 Å². The molecule has 0 amide bonds. The van der Waals surface area contributed by atoms with Crippen LogP contribution in [0.2, 0.25) is 0 Å². The molecule has 2 aromatic carbocycles. The minimum Gasteiger partial charge on any atom is -1.00 e. The quantitative estimate of drug-likeness (QED) is 0.249. The second-order valence-electron chi connectivity index (χ2n) is 5.19. The summed E-state index contributed by atoms with van der Waals surface area (Å²) in [5.74, 6) is 1.42. The van der Waals surface area contributed by atoms with E-state index in [-0.39, 0.29) is 36.5 Å². The molecular weight excluding hydrogens is 403 g/mol. The van der Waals surface area contributed by atoms with Gasteiger partial charge >= 0.3 is 5.97 Å². The lowest BCUT2D eigenvalue weighted by Gasteiger charge is -2.04. The Hall–Kier alpha value is -1.89. The fourth-order valence-corrected chi connectivity index (χ4v) is 2.82. The number of aryl methyl sites for hydroxylation is 1. The zero-order valence-electron chi connectivity index (χ0n) is 13.2. The molecule has 0 spiro atoms. The van der Waals surface area contributed by atoms with E-state index in [0.29, 0.717) is 5.75 Å². The van der Waals surface area contributed by atoms with Gasteiger partial charge in [0.25, 0.3) is 5.82 Å². The van der Waals surface area contributed by atoms with Gasteiger partial charge in [-0.15, -0.1) is 0 Å². The van der Waals surface area contributed by atoms with Gasteiger partial charge < -0.3 is 28.7 Å². The number of ether oxygens (including phenoxy) is 1. The first-order valence-corrected chi connectivity index (χ1v) is 7.42. The Morgan fingerprint density at radius 2 is 1.74 bits per heavy atom. The predicted molar refractivity (Wildman–Crippen MR) is 84.6 cm³/mol. The second-order valence-corrected chi connectivity index (χ2v) is 5.19. The van der Waals surface area contributed by atoms with Gasteiger partial charge in [0.05, 0.1) is 7.05 Å². The highest BCUT2D eigenvalue weighted by atomic mass is 127. The van der Waals surface area contributed by atoms with E-state index >= 15 is 0 Å². The first-order valence-electron chi connectivity index (χ1n) is 7.42. The molecule has 0 aliphatic rings. The summed E-state index contributed by atoms with van der Waals surface area (Å²) in [7, 11) is 2.03. The van der Waals surface area contributed by atoms with E-state index in [0.717, 1.165) is 23.3 Å². The first kappa shape index (κ1) is 17.5. The van der Waals surface area contributed by atoms with Gasteiger partial charge in [0.15, 0.2) is 17.6 Å². The van der Waals surface area contributed by atoms with Crippen LogP contribution in [0.3, 0.4) is 0 Å². The van der Waals surface area contributed by atoms with E-state index in [2.05, 4.69) is 17.6 Å². The third-order valence-corrected chi connectivity index (χ3v) is 3.81. The Bertz CT molecular complexity index is 813. The summed E-state index contributed by atoms with van der Waals surface area (Å²) in [5, 5.41) is 0. The van der Waals surface area contributed by atoms with Crippen molar-refractivity contribution in [1.29, 1.82) is 0 Å². The molecule has 3 aromatic rings. The molecule has 0 bridgehead atoms.